The predicted octanol–water partition coefficient (Wildman–Crippen LogP) is 2.76. The molecule has 4 nitrogen and oxygen atoms in total. The van der Waals surface area contributed by atoms with Crippen molar-refractivity contribution in [2.75, 3.05) is 0 Å². The van der Waals surface area contributed by atoms with Crippen molar-refractivity contribution in [1.82, 2.24) is 15.5 Å². The molecule has 0 saturated heterocycles. The van der Waals surface area contributed by atoms with Crippen LogP contribution in [-0.2, 0) is 6.54 Å². The van der Waals surface area contributed by atoms with Gasteiger partial charge < -0.3 is 5.32 Å². The molecule has 0 fully saturated rings. The molecule has 6 heteroatoms. The molecule has 0 aliphatic heterocycles. The molecule has 1 amide bonds. The first-order chi connectivity index (χ1) is 8.15. The molecule has 17 heavy (non-hydrogen) atoms. The van der Waals surface area contributed by atoms with Crippen LogP contribution >= 0.6 is 27.5 Å². The van der Waals surface area contributed by atoms with Crippen LogP contribution in [0.3, 0.4) is 0 Å². The van der Waals surface area contributed by atoms with Crippen LogP contribution < -0.4 is 5.32 Å². The van der Waals surface area contributed by atoms with Gasteiger partial charge >= 0.3 is 0 Å². The lowest BCUT2D eigenvalue weighted by Crippen LogP contribution is -2.22. The number of benzene rings is 1. The summed E-state index contributed by atoms with van der Waals surface area (Å²) in [4.78, 5) is 11.8. The van der Waals surface area contributed by atoms with E-state index < -0.39 is 0 Å². The van der Waals surface area contributed by atoms with Gasteiger partial charge in [-0.3, -0.25) is 9.89 Å². The molecule has 2 rings (SSSR count). The molecule has 0 atom stereocenters. The minimum absolute atomic E-state index is 0.172. The van der Waals surface area contributed by atoms with E-state index in [9.17, 15) is 4.79 Å². The average Bonchev–Trinajstić information content (AvgIpc) is 2.77. The summed E-state index contributed by atoms with van der Waals surface area (Å²) < 4.78 is 0.776. The molecular weight excluding hydrogens is 305 g/mol. The van der Waals surface area contributed by atoms with Gasteiger partial charge in [-0.2, -0.15) is 5.10 Å². The number of nitrogens with one attached hydrogen (secondary N) is 2. The Hall–Kier alpha value is -1.33. The summed E-state index contributed by atoms with van der Waals surface area (Å²) >= 11 is 9.16. The minimum Gasteiger partial charge on any atom is -0.348 e. The quantitative estimate of drug-likeness (QED) is 0.915. The van der Waals surface area contributed by atoms with Gasteiger partial charge in [-0.05, 0) is 18.2 Å². The monoisotopic (exact) mass is 313 g/mol. The first-order valence-corrected chi connectivity index (χ1v) is 6.04. The molecular formula is C11H9BrClN3O. The number of carbonyl (C=O) groups excluding carboxylic acids is 1. The van der Waals surface area contributed by atoms with E-state index in [0.717, 1.165) is 10.0 Å². The summed E-state index contributed by atoms with van der Waals surface area (Å²) in [5.41, 5.74) is 1.44. The summed E-state index contributed by atoms with van der Waals surface area (Å²) in [6.07, 6.45) is 3.39. The van der Waals surface area contributed by atoms with E-state index in [2.05, 4.69) is 31.4 Å². The number of carbonyl (C=O) groups is 1. The molecule has 1 aromatic carbocycles. The van der Waals surface area contributed by atoms with E-state index in [1.807, 2.05) is 0 Å². The first kappa shape index (κ1) is 12.1. The number of halogens is 2. The lowest BCUT2D eigenvalue weighted by molar-refractivity contribution is 0.0951. The van der Waals surface area contributed by atoms with E-state index >= 15 is 0 Å². The van der Waals surface area contributed by atoms with Gasteiger partial charge in [0.25, 0.3) is 5.91 Å². The molecule has 0 aliphatic carbocycles. The summed E-state index contributed by atoms with van der Waals surface area (Å²) in [6.45, 7) is 0.430. The van der Waals surface area contributed by atoms with Gasteiger partial charge in [0.05, 0.1) is 6.20 Å². The maximum Gasteiger partial charge on any atom is 0.251 e. The first-order valence-electron chi connectivity index (χ1n) is 4.87. The van der Waals surface area contributed by atoms with Crippen molar-refractivity contribution < 1.29 is 4.79 Å². The van der Waals surface area contributed by atoms with Crippen LogP contribution in [-0.4, -0.2) is 16.1 Å². The van der Waals surface area contributed by atoms with Crippen molar-refractivity contribution in [3.63, 3.8) is 0 Å². The summed E-state index contributed by atoms with van der Waals surface area (Å²) in [5, 5.41) is 9.78. The maximum absolute atomic E-state index is 11.8. The Morgan fingerprint density at radius 3 is 2.94 bits per heavy atom. The van der Waals surface area contributed by atoms with Crippen LogP contribution in [0.1, 0.15) is 15.9 Å². The van der Waals surface area contributed by atoms with Gasteiger partial charge in [0.1, 0.15) is 0 Å². The Balaban J connectivity index is 2.04. The van der Waals surface area contributed by atoms with Crippen LogP contribution in [0, 0.1) is 0 Å². The van der Waals surface area contributed by atoms with Crippen LogP contribution in [0.2, 0.25) is 5.02 Å². The largest absolute Gasteiger partial charge is 0.348 e. The average molecular weight is 315 g/mol. The smallest absolute Gasteiger partial charge is 0.251 e. The minimum atomic E-state index is -0.172. The fraction of sp³-hybridized carbons (Fsp3) is 0.0909. The third-order valence-electron chi connectivity index (χ3n) is 2.13. The number of rotatable bonds is 3. The molecule has 2 aromatic rings. The Kier molecular flexibility index (Phi) is 3.81. The highest BCUT2D eigenvalue weighted by Crippen LogP contribution is 2.19. The van der Waals surface area contributed by atoms with Gasteiger partial charge in [0.2, 0.25) is 0 Å². The van der Waals surface area contributed by atoms with E-state index in [1.165, 1.54) is 0 Å². The highest BCUT2D eigenvalue weighted by atomic mass is 79.9. The van der Waals surface area contributed by atoms with E-state index in [1.54, 1.807) is 30.6 Å². The van der Waals surface area contributed by atoms with Crippen molar-refractivity contribution in [3.05, 3.63) is 51.2 Å². The zero-order valence-corrected chi connectivity index (χ0v) is 11.0. The van der Waals surface area contributed by atoms with Crippen LogP contribution in [0.25, 0.3) is 0 Å². The van der Waals surface area contributed by atoms with Crippen molar-refractivity contribution >= 4 is 33.4 Å². The van der Waals surface area contributed by atoms with Crippen molar-refractivity contribution in [2.45, 2.75) is 6.54 Å². The highest BCUT2D eigenvalue weighted by molar-refractivity contribution is 9.10. The molecule has 0 radical (unpaired) electrons. The Morgan fingerprint density at radius 1 is 1.47 bits per heavy atom. The van der Waals surface area contributed by atoms with Crippen LogP contribution in [0.15, 0.2) is 35.1 Å². The van der Waals surface area contributed by atoms with Crippen LogP contribution in [0.4, 0.5) is 0 Å². The normalized spacial score (nSPS) is 10.2. The zero-order chi connectivity index (χ0) is 12.3. The van der Waals surface area contributed by atoms with Crippen molar-refractivity contribution in [1.29, 1.82) is 0 Å². The molecule has 88 valence electrons. The van der Waals surface area contributed by atoms with Gasteiger partial charge in [0.15, 0.2) is 0 Å². The number of nitrogens with zero attached hydrogens (tertiary/aromatic N) is 1. The Bertz CT molecular complexity index is 507. The third-order valence-corrected chi connectivity index (χ3v) is 2.81. The second-order valence-corrected chi connectivity index (χ2v) is 4.80. The Morgan fingerprint density at radius 2 is 2.29 bits per heavy atom. The van der Waals surface area contributed by atoms with Crippen LogP contribution in [0.5, 0.6) is 0 Å². The molecule has 0 unspecified atom stereocenters. The second-order valence-electron chi connectivity index (χ2n) is 3.45. The van der Waals surface area contributed by atoms with Gasteiger partial charge in [-0.15, -0.1) is 0 Å². The number of hydrogen-bond donors (Lipinski definition) is 2. The number of aromatic amines is 1. The Labute approximate surface area is 111 Å². The zero-order valence-electron chi connectivity index (χ0n) is 8.71. The molecule has 0 spiro atoms. The standard InChI is InChI=1S/C11H9BrClN3O/c12-9-1-8(2-10(13)3-9)11(17)14-4-7-5-15-16-6-7/h1-3,5-6H,4H2,(H,14,17)(H,15,16). The predicted molar refractivity (Wildman–Crippen MR) is 68.9 cm³/mol. The summed E-state index contributed by atoms with van der Waals surface area (Å²) in [7, 11) is 0. The summed E-state index contributed by atoms with van der Waals surface area (Å²) in [5.74, 6) is -0.172. The van der Waals surface area contributed by atoms with Crippen molar-refractivity contribution in [3.8, 4) is 0 Å². The highest BCUT2D eigenvalue weighted by Gasteiger charge is 2.07. The molecule has 1 aromatic heterocycles. The van der Waals surface area contributed by atoms with Gasteiger partial charge in [-0.1, -0.05) is 27.5 Å². The lowest BCUT2D eigenvalue weighted by Gasteiger charge is -2.04. The fourth-order valence-corrected chi connectivity index (χ4v) is 2.20. The number of amides is 1. The molecule has 0 saturated carbocycles. The molecule has 1 heterocycles. The van der Waals surface area contributed by atoms with Crippen molar-refractivity contribution in [2.24, 2.45) is 0 Å². The summed E-state index contributed by atoms with van der Waals surface area (Å²) in [6, 6.07) is 5.07. The third kappa shape index (κ3) is 3.31. The lowest BCUT2D eigenvalue weighted by atomic mass is 10.2. The van der Waals surface area contributed by atoms with E-state index in [0.29, 0.717) is 17.1 Å². The number of hydrogen-bond acceptors (Lipinski definition) is 2. The van der Waals surface area contributed by atoms with E-state index in [4.69, 9.17) is 11.6 Å². The maximum atomic E-state index is 11.8. The van der Waals surface area contributed by atoms with E-state index in [-0.39, 0.29) is 5.91 Å². The fourth-order valence-electron chi connectivity index (χ4n) is 1.34. The topological polar surface area (TPSA) is 57.8 Å². The molecule has 0 aliphatic rings. The SMILES string of the molecule is O=C(NCc1cn[nH]c1)c1cc(Cl)cc(Br)c1. The molecule has 2 N–H and O–H groups in total. The van der Waals surface area contributed by atoms with Gasteiger partial charge in [0, 0.05) is 33.4 Å². The van der Waals surface area contributed by atoms with Gasteiger partial charge in [-0.25, -0.2) is 0 Å². The second kappa shape index (κ2) is 5.33. The molecule has 0 bridgehead atoms. The number of aromatic nitrogens is 2. The number of H-pyrrole nitrogens is 1.